The first-order chi connectivity index (χ1) is 8.66. The van der Waals surface area contributed by atoms with Crippen LogP contribution in [-0.2, 0) is 11.2 Å². The lowest BCUT2D eigenvalue weighted by Crippen LogP contribution is -2.56. The Morgan fingerprint density at radius 1 is 1.32 bits per heavy atom. The van der Waals surface area contributed by atoms with Crippen molar-refractivity contribution < 1.29 is 4.79 Å². The van der Waals surface area contributed by atoms with Crippen molar-refractivity contribution in [3.8, 4) is 0 Å². The molecule has 1 amide bonds. The summed E-state index contributed by atoms with van der Waals surface area (Å²) in [6, 6.07) is 5.81. The van der Waals surface area contributed by atoms with Gasteiger partial charge in [-0.25, -0.2) is 0 Å². The molecule has 0 aliphatic carbocycles. The number of nitrogens with zero attached hydrogens (tertiary/aromatic N) is 2. The minimum atomic E-state index is -0.591. The van der Waals surface area contributed by atoms with Gasteiger partial charge in [0, 0.05) is 37.4 Å². The summed E-state index contributed by atoms with van der Waals surface area (Å²) in [5.74, 6) is 0.0657. The predicted molar refractivity (Wildman–Crippen MR) is 77.6 cm³/mol. The van der Waals surface area contributed by atoms with Gasteiger partial charge in [-0.3, -0.25) is 9.78 Å². The molecule has 0 fully saturated rings. The van der Waals surface area contributed by atoms with E-state index < -0.39 is 11.0 Å². The van der Waals surface area contributed by atoms with Crippen molar-refractivity contribution in [2.45, 2.75) is 39.7 Å². The van der Waals surface area contributed by atoms with Gasteiger partial charge in [0.05, 0.1) is 5.41 Å². The summed E-state index contributed by atoms with van der Waals surface area (Å²) in [4.78, 5) is 18.5. The first kappa shape index (κ1) is 15.6. The highest BCUT2D eigenvalue weighted by molar-refractivity contribution is 5.83. The summed E-state index contributed by atoms with van der Waals surface area (Å²) in [7, 11) is 1.82. The van der Waals surface area contributed by atoms with Crippen molar-refractivity contribution in [3.63, 3.8) is 0 Å². The Balaban J connectivity index is 2.64. The zero-order valence-electron chi connectivity index (χ0n) is 12.6. The summed E-state index contributed by atoms with van der Waals surface area (Å²) < 4.78 is 0. The largest absolute Gasteiger partial charge is 0.345 e. The Morgan fingerprint density at radius 3 is 2.42 bits per heavy atom. The molecular weight excluding hydrogens is 238 g/mol. The molecule has 4 heteroatoms. The minimum absolute atomic E-state index is 0.0657. The lowest BCUT2D eigenvalue weighted by atomic mass is 9.74. The monoisotopic (exact) mass is 263 g/mol. The van der Waals surface area contributed by atoms with Gasteiger partial charge < -0.3 is 10.6 Å². The quantitative estimate of drug-likeness (QED) is 0.882. The van der Waals surface area contributed by atoms with E-state index in [1.807, 2.05) is 52.9 Å². The van der Waals surface area contributed by atoms with Crippen LogP contribution < -0.4 is 5.73 Å². The van der Waals surface area contributed by atoms with Gasteiger partial charge in [-0.1, -0.05) is 6.07 Å². The average molecular weight is 263 g/mol. The normalized spacial score (nSPS) is 12.3. The van der Waals surface area contributed by atoms with Crippen LogP contribution in [0.5, 0.6) is 0 Å². The van der Waals surface area contributed by atoms with Gasteiger partial charge in [0.25, 0.3) is 0 Å². The molecule has 1 aromatic heterocycles. The first-order valence-electron chi connectivity index (χ1n) is 6.60. The van der Waals surface area contributed by atoms with Gasteiger partial charge in [0.15, 0.2) is 0 Å². The molecule has 0 atom stereocenters. The van der Waals surface area contributed by atoms with E-state index in [1.165, 1.54) is 0 Å². The molecule has 0 bridgehead atoms. The summed E-state index contributed by atoms with van der Waals surface area (Å²) in [5.41, 5.74) is 5.95. The maximum absolute atomic E-state index is 12.5. The standard InChI is InChI=1S/C15H25N3O/c1-14(2,15(3,4)16)13(19)18(5)11-9-12-8-6-7-10-17-12/h6-8,10H,9,11,16H2,1-5H3. The second kappa shape index (κ2) is 5.70. The number of hydrogen-bond donors (Lipinski definition) is 1. The van der Waals surface area contributed by atoms with Crippen LogP contribution in [0, 0.1) is 5.41 Å². The molecule has 0 aliphatic rings. The molecule has 0 aromatic carbocycles. The van der Waals surface area contributed by atoms with Gasteiger partial charge in [-0.05, 0) is 39.8 Å². The molecule has 2 N–H and O–H groups in total. The van der Waals surface area contributed by atoms with Gasteiger partial charge in [-0.15, -0.1) is 0 Å². The van der Waals surface area contributed by atoms with E-state index in [0.717, 1.165) is 12.1 Å². The predicted octanol–water partition coefficient (Wildman–Crippen LogP) is 1.85. The molecule has 4 nitrogen and oxygen atoms in total. The molecule has 0 spiro atoms. The smallest absolute Gasteiger partial charge is 0.229 e. The van der Waals surface area contributed by atoms with Crippen molar-refractivity contribution in [2.75, 3.05) is 13.6 Å². The average Bonchev–Trinajstić information content (AvgIpc) is 2.34. The van der Waals surface area contributed by atoms with Crippen LogP contribution >= 0.6 is 0 Å². The van der Waals surface area contributed by atoms with E-state index in [9.17, 15) is 4.79 Å². The number of pyridine rings is 1. The maximum Gasteiger partial charge on any atom is 0.229 e. The third-order valence-electron chi connectivity index (χ3n) is 3.92. The van der Waals surface area contributed by atoms with E-state index in [2.05, 4.69) is 4.98 Å². The molecule has 0 saturated carbocycles. The second-order valence-electron chi connectivity index (χ2n) is 6.14. The number of likely N-dealkylation sites (N-methyl/N-ethyl adjacent to an activating group) is 1. The van der Waals surface area contributed by atoms with E-state index in [1.54, 1.807) is 11.1 Å². The summed E-state index contributed by atoms with van der Waals surface area (Å²) in [6.45, 7) is 8.21. The van der Waals surface area contributed by atoms with Gasteiger partial charge >= 0.3 is 0 Å². The zero-order valence-corrected chi connectivity index (χ0v) is 12.6. The molecule has 0 unspecified atom stereocenters. The fourth-order valence-electron chi connectivity index (χ4n) is 1.68. The number of carbonyl (C=O) groups excluding carboxylic acids is 1. The van der Waals surface area contributed by atoms with Crippen LogP contribution in [0.4, 0.5) is 0 Å². The first-order valence-corrected chi connectivity index (χ1v) is 6.60. The molecule has 1 heterocycles. The summed E-state index contributed by atoms with van der Waals surface area (Å²) >= 11 is 0. The van der Waals surface area contributed by atoms with Gasteiger partial charge in [-0.2, -0.15) is 0 Å². The summed E-state index contributed by atoms with van der Waals surface area (Å²) in [6.07, 6.45) is 2.52. The lowest BCUT2D eigenvalue weighted by molar-refractivity contribution is -0.142. The Morgan fingerprint density at radius 2 is 1.95 bits per heavy atom. The molecule has 19 heavy (non-hydrogen) atoms. The van der Waals surface area contributed by atoms with Crippen molar-refractivity contribution in [2.24, 2.45) is 11.1 Å². The Bertz CT molecular complexity index is 421. The molecule has 106 valence electrons. The number of nitrogens with two attached hydrogens (primary N) is 1. The van der Waals surface area contributed by atoms with Crippen LogP contribution in [0.1, 0.15) is 33.4 Å². The Hall–Kier alpha value is -1.42. The fraction of sp³-hybridized carbons (Fsp3) is 0.600. The lowest BCUT2D eigenvalue weighted by Gasteiger charge is -2.39. The topological polar surface area (TPSA) is 59.2 Å². The number of hydrogen-bond acceptors (Lipinski definition) is 3. The third kappa shape index (κ3) is 3.77. The summed E-state index contributed by atoms with van der Waals surface area (Å²) in [5, 5.41) is 0. The van der Waals surface area contributed by atoms with Crippen molar-refractivity contribution >= 4 is 5.91 Å². The highest BCUT2D eigenvalue weighted by Gasteiger charge is 2.41. The van der Waals surface area contributed by atoms with Crippen molar-refractivity contribution in [1.29, 1.82) is 0 Å². The molecule has 1 rings (SSSR count). The molecular formula is C15H25N3O. The second-order valence-corrected chi connectivity index (χ2v) is 6.14. The third-order valence-corrected chi connectivity index (χ3v) is 3.92. The maximum atomic E-state index is 12.5. The van der Waals surface area contributed by atoms with Crippen LogP contribution in [0.25, 0.3) is 0 Å². The molecule has 0 radical (unpaired) electrons. The van der Waals surface area contributed by atoms with Crippen LogP contribution in [0.2, 0.25) is 0 Å². The SMILES string of the molecule is CN(CCc1ccccn1)C(=O)C(C)(C)C(C)(C)N. The van der Waals surface area contributed by atoms with Crippen molar-refractivity contribution in [3.05, 3.63) is 30.1 Å². The molecule has 0 saturated heterocycles. The van der Waals surface area contributed by atoms with Crippen LogP contribution in [0.15, 0.2) is 24.4 Å². The van der Waals surface area contributed by atoms with Crippen molar-refractivity contribution in [1.82, 2.24) is 9.88 Å². The zero-order chi connectivity index (χ0) is 14.7. The van der Waals surface area contributed by atoms with E-state index in [4.69, 9.17) is 5.73 Å². The van der Waals surface area contributed by atoms with Gasteiger partial charge in [0.2, 0.25) is 5.91 Å². The minimum Gasteiger partial charge on any atom is -0.345 e. The number of carbonyl (C=O) groups is 1. The van der Waals surface area contributed by atoms with E-state index in [-0.39, 0.29) is 5.91 Å². The highest BCUT2D eigenvalue weighted by atomic mass is 16.2. The highest BCUT2D eigenvalue weighted by Crippen LogP contribution is 2.30. The fourth-order valence-corrected chi connectivity index (χ4v) is 1.68. The number of aromatic nitrogens is 1. The van der Waals surface area contributed by atoms with E-state index >= 15 is 0 Å². The molecule has 0 aliphatic heterocycles. The van der Waals surface area contributed by atoms with Crippen LogP contribution in [0.3, 0.4) is 0 Å². The Kier molecular flexibility index (Phi) is 4.69. The van der Waals surface area contributed by atoms with Crippen LogP contribution in [-0.4, -0.2) is 34.9 Å². The molecule has 1 aromatic rings. The number of rotatable bonds is 5. The Labute approximate surface area is 116 Å². The number of amides is 1. The van der Waals surface area contributed by atoms with E-state index in [0.29, 0.717) is 6.54 Å². The van der Waals surface area contributed by atoms with Gasteiger partial charge in [0.1, 0.15) is 0 Å².